The lowest BCUT2D eigenvalue weighted by molar-refractivity contribution is -0.142. The van der Waals surface area contributed by atoms with Gasteiger partial charge in [0.15, 0.2) is 0 Å². The van der Waals surface area contributed by atoms with Gasteiger partial charge < -0.3 is 15.4 Å². The molecule has 0 saturated carbocycles. The molecule has 1 fully saturated rings. The summed E-state index contributed by atoms with van der Waals surface area (Å²) < 4.78 is 17.8. The summed E-state index contributed by atoms with van der Waals surface area (Å²) in [6.07, 6.45) is 0. The largest absolute Gasteiger partial charge is 0.468 e. The zero-order valence-corrected chi connectivity index (χ0v) is 11.8. The number of carbonyl (C=O) groups is 2. The number of methoxy groups -OCH3 is 1. The second-order valence-electron chi connectivity index (χ2n) is 4.88. The lowest BCUT2D eigenvalue weighted by Crippen LogP contribution is -2.50. The molecule has 0 atom stereocenters. The monoisotopic (exact) mass is 295 g/mol. The normalized spacial score (nSPS) is 15.8. The average Bonchev–Trinajstić information content (AvgIpc) is 2.49. The Bertz CT molecular complexity index is 542. The molecule has 1 amide bonds. The third kappa shape index (κ3) is 3.69. The SMILES string of the molecule is COC(=O)CN1CCN(C(=O)c2cc(F)ccc2N)CC1. The Hall–Kier alpha value is -2.15. The molecule has 1 aliphatic rings. The quantitative estimate of drug-likeness (QED) is 0.643. The molecule has 1 aromatic rings. The molecule has 0 unspecified atom stereocenters. The molecule has 0 radical (unpaired) electrons. The number of hydrogen-bond acceptors (Lipinski definition) is 5. The molecule has 0 aromatic heterocycles. The second-order valence-corrected chi connectivity index (χ2v) is 4.88. The predicted octanol–water partition coefficient (Wildman–Crippen LogP) is 0.339. The Morgan fingerprint density at radius 2 is 1.95 bits per heavy atom. The Balaban J connectivity index is 1.97. The molecule has 21 heavy (non-hydrogen) atoms. The van der Waals surface area contributed by atoms with Crippen LogP contribution < -0.4 is 5.73 Å². The molecule has 114 valence electrons. The van der Waals surface area contributed by atoms with Crippen molar-refractivity contribution in [3.05, 3.63) is 29.6 Å². The molecule has 1 aliphatic heterocycles. The van der Waals surface area contributed by atoms with E-state index in [-0.39, 0.29) is 29.7 Å². The first kappa shape index (κ1) is 15.2. The van der Waals surface area contributed by atoms with E-state index in [0.29, 0.717) is 26.2 Å². The van der Waals surface area contributed by atoms with Crippen molar-refractivity contribution in [3.63, 3.8) is 0 Å². The van der Waals surface area contributed by atoms with Crippen LogP contribution >= 0.6 is 0 Å². The fraction of sp³-hybridized carbons (Fsp3) is 0.429. The summed E-state index contributed by atoms with van der Waals surface area (Å²) >= 11 is 0. The van der Waals surface area contributed by atoms with Gasteiger partial charge in [0, 0.05) is 31.9 Å². The highest BCUT2D eigenvalue weighted by Gasteiger charge is 2.24. The Kier molecular flexibility index (Phi) is 4.74. The molecule has 1 heterocycles. The van der Waals surface area contributed by atoms with Gasteiger partial charge in [0.05, 0.1) is 19.2 Å². The van der Waals surface area contributed by atoms with E-state index in [2.05, 4.69) is 4.74 Å². The van der Waals surface area contributed by atoms with Crippen LogP contribution in [0, 0.1) is 5.82 Å². The maximum absolute atomic E-state index is 13.2. The summed E-state index contributed by atoms with van der Waals surface area (Å²) in [6.45, 7) is 2.27. The summed E-state index contributed by atoms with van der Waals surface area (Å²) in [5.41, 5.74) is 6.16. The van der Waals surface area contributed by atoms with Crippen LogP contribution in [0.2, 0.25) is 0 Å². The summed E-state index contributed by atoms with van der Waals surface area (Å²) in [5.74, 6) is -1.08. The van der Waals surface area contributed by atoms with Crippen LogP contribution in [0.1, 0.15) is 10.4 Å². The molecule has 2 rings (SSSR count). The minimum Gasteiger partial charge on any atom is -0.468 e. The van der Waals surface area contributed by atoms with E-state index in [4.69, 9.17) is 5.73 Å². The van der Waals surface area contributed by atoms with Gasteiger partial charge in [-0.15, -0.1) is 0 Å². The van der Waals surface area contributed by atoms with E-state index in [1.807, 2.05) is 4.90 Å². The average molecular weight is 295 g/mol. The molecule has 0 spiro atoms. The smallest absolute Gasteiger partial charge is 0.319 e. The van der Waals surface area contributed by atoms with E-state index < -0.39 is 5.82 Å². The Morgan fingerprint density at radius 1 is 1.29 bits per heavy atom. The van der Waals surface area contributed by atoms with Crippen LogP contribution in [-0.4, -0.2) is 61.5 Å². The van der Waals surface area contributed by atoms with Crippen molar-refractivity contribution >= 4 is 17.6 Å². The number of ether oxygens (including phenoxy) is 1. The van der Waals surface area contributed by atoms with Gasteiger partial charge in [0.25, 0.3) is 5.91 Å². The van der Waals surface area contributed by atoms with E-state index >= 15 is 0 Å². The molecular formula is C14H18FN3O3. The minimum absolute atomic E-state index is 0.177. The zero-order chi connectivity index (χ0) is 15.4. The van der Waals surface area contributed by atoms with Crippen molar-refractivity contribution in [2.24, 2.45) is 0 Å². The van der Waals surface area contributed by atoms with Gasteiger partial charge in [-0.25, -0.2) is 4.39 Å². The van der Waals surface area contributed by atoms with Gasteiger partial charge in [-0.2, -0.15) is 0 Å². The minimum atomic E-state index is -0.489. The summed E-state index contributed by atoms with van der Waals surface area (Å²) in [6, 6.07) is 3.76. The van der Waals surface area contributed by atoms with Crippen molar-refractivity contribution in [3.8, 4) is 0 Å². The lowest BCUT2D eigenvalue weighted by atomic mass is 10.1. The third-order valence-corrected chi connectivity index (χ3v) is 3.49. The van der Waals surface area contributed by atoms with Gasteiger partial charge in [0.1, 0.15) is 5.82 Å². The van der Waals surface area contributed by atoms with E-state index in [1.165, 1.54) is 19.2 Å². The van der Waals surface area contributed by atoms with Crippen molar-refractivity contribution in [1.29, 1.82) is 0 Å². The Morgan fingerprint density at radius 3 is 2.57 bits per heavy atom. The van der Waals surface area contributed by atoms with Crippen molar-refractivity contribution < 1.29 is 18.7 Å². The molecule has 0 bridgehead atoms. The summed E-state index contributed by atoms with van der Waals surface area (Å²) in [5, 5.41) is 0. The van der Waals surface area contributed by atoms with Crippen LogP contribution in [0.25, 0.3) is 0 Å². The Labute approximate surface area is 122 Å². The summed E-state index contributed by atoms with van der Waals surface area (Å²) in [4.78, 5) is 27.0. The number of nitrogens with zero attached hydrogens (tertiary/aromatic N) is 2. The molecule has 7 heteroatoms. The number of esters is 1. The van der Waals surface area contributed by atoms with Crippen LogP contribution in [-0.2, 0) is 9.53 Å². The molecule has 2 N–H and O–H groups in total. The molecule has 1 saturated heterocycles. The van der Waals surface area contributed by atoms with Gasteiger partial charge in [0.2, 0.25) is 0 Å². The third-order valence-electron chi connectivity index (χ3n) is 3.49. The standard InChI is InChI=1S/C14H18FN3O3/c1-21-13(19)9-17-4-6-18(7-5-17)14(20)11-8-10(15)2-3-12(11)16/h2-3,8H,4-7,9,16H2,1H3. The number of carbonyl (C=O) groups excluding carboxylic acids is 2. The van der Waals surface area contributed by atoms with Gasteiger partial charge in [-0.05, 0) is 18.2 Å². The summed E-state index contributed by atoms with van der Waals surface area (Å²) in [7, 11) is 1.34. The predicted molar refractivity (Wildman–Crippen MR) is 75.2 cm³/mol. The van der Waals surface area contributed by atoms with E-state index in [0.717, 1.165) is 6.07 Å². The van der Waals surface area contributed by atoms with Crippen LogP contribution in [0.4, 0.5) is 10.1 Å². The molecule has 6 nitrogen and oxygen atoms in total. The maximum atomic E-state index is 13.2. The first-order valence-electron chi connectivity index (χ1n) is 6.64. The lowest BCUT2D eigenvalue weighted by Gasteiger charge is -2.34. The number of nitrogens with two attached hydrogens (primary N) is 1. The van der Waals surface area contributed by atoms with Crippen molar-refractivity contribution in [2.75, 3.05) is 45.6 Å². The van der Waals surface area contributed by atoms with Gasteiger partial charge >= 0.3 is 5.97 Å². The zero-order valence-electron chi connectivity index (χ0n) is 11.8. The van der Waals surface area contributed by atoms with E-state index in [1.54, 1.807) is 4.90 Å². The van der Waals surface area contributed by atoms with Crippen molar-refractivity contribution in [1.82, 2.24) is 9.80 Å². The fourth-order valence-corrected chi connectivity index (χ4v) is 2.24. The number of rotatable bonds is 3. The fourth-order valence-electron chi connectivity index (χ4n) is 2.24. The topological polar surface area (TPSA) is 75.9 Å². The number of benzene rings is 1. The van der Waals surface area contributed by atoms with Crippen LogP contribution in [0.3, 0.4) is 0 Å². The first-order chi connectivity index (χ1) is 10.0. The van der Waals surface area contributed by atoms with Crippen LogP contribution in [0.15, 0.2) is 18.2 Å². The highest BCUT2D eigenvalue weighted by Crippen LogP contribution is 2.17. The van der Waals surface area contributed by atoms with Crippen molar-refractivity contribution in [2.45, 2.75) is 0 Å². The van der Waals surface area contributed by atoms with E-state index in [9.17, 15) is 14.0 Å². The number of anilines is 1. The van der Waals surface area contributed by atoms with Gasteiger partial charge in [-0.3, -0.25) is 14.5 Å². The second kappa shape index (κ2) is 6.53. The highest BCUT2D eigenvalue weighted by atomic mass is 19.1. The number of piperazine rings is 1. The van der Waals surface area contributed by atoms with Crippen LogP contribution in [0.5, 0.6) is 0 Å². The molecule has 0 aliphatic carbocycles. The number of amides is 1. The molecular weight excluding hydrogens is 277 g/mol. The number of hydrogen-bond donors (Lipinski definition) is 1. The molecule has 1 aromatic carbocycles. The number of halogens is 1. The highest BCUT2D eigenvalue weighted by molar-refractivity contribution is 5.99. The number of nitrogen functional groups attached to an aromatic ring is 1. The maximum Gasteiger partial charge on any atom is 0.319 e. The first-order valence-corrected chi connectivity index (χ1v) is 6.64. The van der Waals surface area contributed by atoms with Gasteiger partial charge in [-0.1, -0.05) is 0 Å².